The van der Waals surface area contributed by atoms with E-state index in [4.69, 9.17) is 21.6 Å². The largest absolute Gasteiger partial charge is 0.437 e. The van der Waals surface area contributed by atoms with E-state index in [1.54, 1.807) is 12.1 Å². The molecule has 0 saturated heterocycles. The van der Waals surface area contributed by atoms with E-state index in [1.165, 1.54) is 36.4 Å². The standard InChI is InChI=1S/C19H12ClF3N4O2/c20-13-4-6-15(7-5-13)27-17(19(21,22)23)16(11-25-27)29-18(28)26-14-3-1-2-12(10-14)8-9-24/h1-7,10-11H,8H2,(H,26,28). The highest BCUT2D eigenvalue weighted by molar-refractivity contribution is 6.30. The molecule has 1 amide bonds. The molecule has 3 aromatic rings. The molecule has 29 heavy (non-hydrogen) atoms. The van der Waals surface area contributed by atoms with Gasteiger partial charge in [-0.15, -0.1) is 0 Å². The molecular weight excluding hydrogens is 409 g/mol. The van der Waals surface area contributed by atoms with Gasteiger partial charge >= 0.3 is 12.3 Å². The number of carbonyl (C=O) groups is 1. The summed E-state index contributed by atoms with van der Waals surface area (Å²) in [5, 5.41) is 15.1. The minimum atomic E-state index is -4.83. The number of amides is 1. The number of anilines is 1. The lowest BCUT2D eigenvalue weighted by Gasteiger charge is -2.13. The van der Waals surface area contributed by atoms with Crippen LogP contribution in [0, 0.1) is 11.3 Å². The van der Waals surface area contributed by atoms with Crippen LogP contribution < -0.4 is 10.1 Å². The molecule has 0 aliphatic heterocycles. The smallest absolute Gasteiger partial charge is 0.406 e. The van der Waals surface area contributed by atoms with Gasteiger partial charge < -0.3 is 4.74 Å². The lowest BCUT2D eigenvalue weighted by atomic mass is 10.1. The molecule has 0 radical (unpaired) electrons. The van der Waals surface area contributed by atoms with Crippen LogP contribution in [0.3, 0.4) is 0 Å². The zero-order valence-electron chi connectivity index (χ0n) is 14.6. The molecule has 6 nitrogen and oxygen atoms in total. The molecule has 0 spiro atoms. The van der Waals surface area contributed by atoms with Gasteiger partial charge in [0, 0.05) is 10.7 Å². The van der Waals surface area contributed by atoms with Gasteiger partial charge in [-0.2, -0.15) is 23.5 Å². The summed E-state index contributed by atoms with van der Waals surface area (Å²) in [5.41, 5.74) is -0.229. The Balaban J connectivity index is 1.85. The molecule has 3 rings (SSSR count). The van der Waals surface area contributed by atoms with Gasteiger partial charge in [0.05, 0.1) is 24.4 Å². The van der Waals surface area contributed by atoms with Crippen LogP contribution in [0.15, 0.2) is 54.7 Å². The summed E-state index contributed by atoms with van der Waals surface area (Å²) in [4.78, 5) is 12.1. The number of nitrogens with zero attached hydrogens (tertiary/aromatic N) is 3. The highest BCUT2D eigenvalue weighted by atomic mass is 35.5. The Kier molecular flexibility index (Phi) is 5.75. The van der Waals surface area contributed by atoms with Crippen molar-refractivity contribution in [3.63, 3.8) is 0 Å². The van der Waals surface area contributed by atoms with Gasteiger partial charge in [-0.3, -0.25) is 5.32 Å². The average molecular weight is 421 g/mol. The van der Waals surface area contributed by atoms with Crippen LogP contribution in [-0.4, -0.2) is 15.9 Å². The highest BCUT2D eigenvalue weighted by Crippen LogP contribution is 2.37. The maximum Gasteiger partial charge on any atom is 0.437 e. The first-order valence-electron chi connectivity index (χ1n) is 8.14. The third-order valence-corrected chi connectivity index (χ3v) is 3.99. The van der Waals surface area contributed by atoms with Crippen LogP contribution in [0.1, 0.15) is 11.3 Å². The molecule has 0 bridgehead atoms. The second-order valence-corrected chi connectivity index (χ2v) is 6.23. The molecule has 0 unspecified atom stereocenters. The summed E-state index contributed by atoms with van der Waals surface area (Å²) < 4.78 is 46.3. The number of halogens is 4. The zero-order valence-corrected chi connectivity index (χ0v) is 15.3. The number of hydrogen-bond donors (Lipinski definition) is 1. The fourth-order valence-electron chi connectivity index (χ4n) is 2.54. The minimum Gasteiger partial charge on any atom is -0.406 e. The lowest BCUT2D eigenvalue weighted by molar-refractivity contribution is -0.143. The van der Waals surface area contributed by atoms with E-state index in [2.05, 4.69) is 10.4 Å². The summed E-state index contributed by atoms with van der Waals surface area (Å²) in [7, 11) is 0. The van der Waals surface area contributed by atoms with Gasteiger partial charge in [0.1, 0.15) is 0 Å². The van der Waals surface area contributed by atoms with E-state index < -0.39 is 23.7 Å². The van der Waals surface area contributed by atoms with Crippen molar-refractivity contribution in [2.75, 3.05) is 5.32 Å². The first-order valence-corrected chi connectivity index (χ1v) is 8.51. The van der Waals surface area contributed by atoms with Crippen molar-refractivity contribution in [2.24, 2.45) is 0 Å². The lowest BCUT2D eigenvalue weighted by Crippen LogP contribution is -2.20. The number of nitrogens with one attached hydrogen (secondary N) is 1. The van der Waals surface area contributed by atoms with Gasteiger partial charge in [0.2, 0.25) is 0 Å². The Morgan fingerprint density at radius 2 is 1.97 bits per heavy atom. The highest BCUT2D eigenvalue weighted by Gasteiger charge is 2.40. The Morgan fingerprint density at radius 1 is 1.24 bits per heavy atom. The van der Waals surface area contributed by atoms with Crippen LogP contribution in [0.5, 0.6) is 5.75 Å². The van der Waals surface area contributed by atoms with E-state index in [0.717, 1.165) is 6.20 Å². The molecule has 0 aliphatic carbocycles. The number of carbonyl (C=O) groups excluding carboxylic acids is 1. The van der Waals surface area contributed by atoms with E-state index in [9.17, 15) is 18.0 Å². The number of hydrogen-bond acceptors (Lipinski definition) is 4. The molecule has 1 aromatic heterocycles. The van der Waals surface area contributed by atoms with Gasteiger partial charge in [-0.05, 0) is 42.0 Å². The van der Waals surface area contributed by atoms with Crippen molar-refractivity contribution in [2.45, 2.75) is 12.6 Å². The molecule has 10 heteroatoms. The molecule has 0 aliphatic rings. The number of benzene rings is 2. The normalized spacial score (nSPS) is 11.0. The summed E-state index contributed by atoms with van der Waals surface area (Å²) >= 11 is 5.76. The number of rotatable bonds is 4. The SMILES string of the molecule is N#CCc1cccc(NC(=O)Oc2cnn(-c3ccc(Cl)cc3)c2C(F)(F)F)c1. The van der Waals surface area contributed by atoms with Gasteiger partial charge in [-0.25, -0.2) is 9.48 Å². The maximum atomic E-state index is 13.6. The fourth-order valence-corrected chi connectivity index (χ4v) is 2.67. The van der Waals surface area contributed by atoms with Crippen molar-refractivity contribution in [1.29, 1.82) is 5.26 Å². The van der Waals surface area contributed by atoms with Crippen LogP contribution in [-0.2, 0) is 12.6 Å². The Bertz CT molecular complexity index is 1070. The predicted octanol–water partition coefficient (Wildman–Crippen LogP) is 5.22. The Labute approximate surface area is 168 Å². The van der Waals surface area contributed by atoms with E-state index in [1.807, 2.05) is 6.07 Å². The number of alkyl halides is 3. The third-order valence-electron chi connectivity index (χ3n) is 3.73. The summed E-state index contributed by atoms with van der Waals surface area (Å²) in [5.74, 6) is -0.752. The van der Waals surface area contributed by atoms with Gasteiger partial charge in [0.25, 0.3) is 0 Å². The van der Waals surface area contributed by atoms with Crippen molar-refractivity contribution >= 4 is 23.4 Å². The minimum absolute atomic E-state index is 0.0983. The Morgan fingerprint density at radius 3 is 2.62 bits per heavy atom. The molecule has 1 N–H and O–H groups in total. The first-order chi connectivity index (χ1) is 13.8. The average Bonchev–Trinajstić information content (AvgIpc) is 3.06. The van der Waals surface area contributed by atoms with Crippen molar-refractivity contribution in [1.82, 2.24) is 9.78 Å². The quantitative estimate of drug-likeness (QED) is 0.627. The molecular formula is C19H12ClF3N4O2. The molecule has 2 aromatic carbocycles. The van der Waals surface area contributed by atoms with Crippen LogP contribution in [0.4, 0.5) is 23.7 Å². The van der Waals surface area contributed by atoms with Crippen LogP contribution >= 0.6 is 11.6 Å². The van der Waals surface area contributed by atoms with Crippen molar-refractivity contribution in [3.8, 4) is 17.5 Å². The summed E-state index contributed by atoms with van der Waals surface area (Å²) in [6, 6.07) is 13.8. The van der Waals surface area contributed by atoms with Crippen LogP contribution in [0.25, 0.3) is 5.69 Å². The van der Waals surface area contributed by atoms with E-state index in [-0.39, 0.29) is 17.8 Å². The topological polar surface area (TPSA) is 79.9 Å². The third kappa shape index (κ3) is 4.86. The predicted molar refractivity (Wildman–Crippen MR) is 99.0 cm³/mol. The molecule has 148 valence electrons. The van der Waals surface area contributed by atoms with Crippen molar-refractivity contribution < 1.29 is 22.7 Å². The second-order valence-electron chi connectivity index (χ2n) is 5.79. The van der Waals surface area contributed by atoms with Crippen LogP contribution in [0.2, 0.25) is 5.02 Å². The molecule has 1 heterocycles. The number of nitriles is 1. The second kappa shape index (κ2) is 8.24. The van der Waals surface area contributed by atoms with Crippen molar-refractivity contribution in [3.05, 3.63) is 71.0 Å². The summed E-state index contributed by atoms with van der Waals surface area (Å²) in [6.07, 6.45) is -5.03. The fraction of sp³-hybridized carbons (Fsp3) is 0.105. The Hall–Kier alpha value is -3.51. The van der Waals surface area contributed by atoms with Gasteiger partial charge in [-0.1, -0.05) is 23.7 Å². The van der Waals surface area contributed by atoms with E-state index in [0.29, 0.717) is 15.3 Å². The van der Waals surface area contributed by atoms with Gasteiger partial charge in [0.15, 0.2) is 11.4 Å². The monoisotopic (exact) mass is 420 g/mol. The first kappa shape index (κ1) is 20.2. The molecule has 0 fully saturated rings. The van der Waals surface area contributed by atoms with E-state index >= 15 is 0 Å². The summed E-state index contributed by atoms with van der Waals surface area (Å²) in [6.45, 7) is 0. The molecule has 0 atom stereocenters. The number of aromatic nitrogens is 2. The molecule has 0 saturated carbocycles. The zero-order chi connectivity index (χ0) is 21.0. The number of ether oxygens (including phenoxy) is 1. The maximum absolute atomic E-state index is 13.6.